The van der Waals surface area contributed by atoms with Gasteiger partial charge < -0.3 is 4.90 Å². The first-order chi connectivity index (χ1) is 36.3. The topological polar surface area (TPSA) is 3.24 Å². The fourth-order valence-corrected chi connectivity index (χ4v) is 14.3. The molecule has 4 aliphatic carbocycles. The van der Waals surface area contributed by atoms with Crippen molar-refractivity contribution < 1.29 is 0 Å². The highest BCUT2D eigenvalue weighted by Crippen LogP contribution is 2.64. The van der Waals surface area contributed by atoms with Crippen LogP contribution >= 0.6 is 0 Å². The lowest BCUT2D eigenvalue weighted by Gasteiger charge is -2.32. The number of anilines is 3. The molecule has 0 unspecified atom stereocenters. The van der Waals surface area contributed by atoms with Crippen LogP contribution in [-0.4, -0.2) is 0 Å². The Morgan fingerprint density at radius 3 is 1.28 bits per heavy atom. The maximum Gasteiger partial charge on any atom is 0.0725 e. The number of fused-ring (bicyclic) bond motifs is 16. The van der Waals surface area contributed by atoms with Gasteiger partial charge in [-0.2, -0.15) is 0 Å². The Balaban J connectivity index is 0.949. The first-order valence-corrected chi connectivity index (χ1v) is 26.3. The zero-order chi connectivity index (χ0) is 49.5. The van der Waals surface area contributed by atoms with Gasteiger partial charge in [0.25, 0.3) is 0 Å². The van der Waals surface area contributed by atoms with Gasteiger partial charge in [-0.3, -0.25) is 0 Å². The van der Waals surface area contributed by atoms with Crippen LogP contribution in [0.15, 0.2) is 249 Å². The minimum atomic E-state index is -0.447. The molecular formula is C73H53N. The van der Waals surface area contributed by atoms with Crippen molar-refractivity contribution >= 4 is 17.1 Å². The van der Waals surface area contributed by atoms with Gasteiger partial charge in [0.15, 0.2) is 0 Å². The Kier molecular flexibility index (Phi) is 9.04. The van der Waals surface area contributed by atoms with Gasteiger partial charge in [0.05, 0.1) is 16.8 Å². The summed E-state index contributed by atoms with van der Waals surface area (Å²) in [6.07, 6.45) is 0. The second-order valence-corrected chi connectivity index (χ2v) is 21.9. The van der Waals surface area contributed by atoms with Crippen molar-refractivity contribution in [2.24, 2.45) is 0 Å². The average molecular weight is 944 g/mol. The van der Waals surface area contributed by atoms with E-state index < -0.39 is 5.41 Å². The maximum absolute atomic E-state index is 2.53. The van der Waals surface area contributed by atoms with Gasteiger partial charge in [-0.05, 0) is 142 Å². The Bertz CT molecular complexity index is 4080. The summed E-state index contributed by atoms with van der Waals surface area (Å²) in [5.41, 5.74) is 31.4. The lowest BCUT2D eigenvalue weighted by molar-refractivity contribution is 0.660. The highest BCUT2D eigenvalue weighted by molar-refractivity contribution is 6.01. The van der Waals surface area contributed by atoms with Gasteiger partial charge in [-0.25, -0.2) is 0 Å². The first-order valence-electron chi connectivity index (χ1n) is 26.3. The molecule has 0 N–H and O–H groups in total. The van der Waals surface area contributed by atoms with Crippen molar-refractivity contribution in [1.82, 2.24) is 0 Å². The van der Waals surface area contributed by atoms with E-state index in [1.165, 1.54) is 122 Å². The summed E-state index contributed by atoms with van der Waals surface area (Å²) in [6.45, 7) is 9.52. The molecule has 0 saturated carbocycles. The quantitative estimate of drug-likeness (QED) is 0.161. The van der Waals surface area contributed by atoms with E-state index in [0.29, 0.717) is 0 Å². The Morgan fingerprint density at radius 1 is 0.257 bits per heavy atom. The lowest BCUT2D eigenvalue weighted by atomic mass is 9.70. The number of hydrogen-bond donors (Lipinski definition) is 0. The zero-order valence-corrected chi connectivity index (χ0v) is 42.1. The van der Waals surface area contributed by atoms with Gasteiger partial charge in [0, 0.05) is 27.6 Å². The van der Waals surface area contributed by atoms with E-state index >= 15 is 0 Å². The number of rotatable bonds is 6. The minimum Gasteiger partial charge on any atom is -0.309 e. The van der Waals surface area contributed by atoms with Crippen LogP contribution in [0, 0.1) is 0 Å². The van der Waals surface area contributed by atoms with E-state index in [-0.39, 0.29) is 10.8 Å². The Labute approximate surface area is 434 Å². The van der Waals surface area contributed by atoms with Crippen LogP contribution in [0.5, 0.6) is 0 Å². The molecule has 11 aromatic rings. The number of nitrogens with zero attached hydrogens (tertiary/aromatic N) is 1. The van der Waals surface area contributed by atoms with Gasteiger partial charge >= 0.3 is 0 Å². The molecule has 0 saturated heterocycles. The van der Waals surface area contributed by atoms with Crippen molar-refractivity contribution in [2.45, 2.75) is 43.9 Å². The number of hydrogen-bond acceptors (Lipinski definition) is 1. The molecule has 11 aromatic carbocycles. The molecule has 0 aliphatic heterocycles. The van der Waals surface area contributed by atoms with Gasteiger partial charge in [-0.15, -0.1) is 0 Å². The maximum atomic E-state index is 2.53. The lowest BCUT2D eigenvalue weighted by Crippen LogP contribution is -2.25. The smallest absolute Gasteiger partial charge is 0.0725 e. The zero-order valence-electron chi connectivity index (χ0n) is 42.1. The van der Waals surface area contributed by atoms with Gasteiger partial charge in [-0.1, -0.05) is 246 Å². The van der Waals surface area contributed by atoms with Crippen LogP contribution in [-0.2, 0) is 16.2 Å². The summed E-state index contributed by atoms with van der Waals surface area (Å²) in [5.74, 6) is 0. The third-order valence-electron chi connectivity index (χ3n) is 17.5. The molecule has 0 atom stereocenters. The van der Waals surface area contributed by atoms with Crippen LogP contribution in [0.1, 0.15) is 72.2 Å². The van der Waals surface area contributed by atoms with Gasteiger partial charge in [0.2, 0.25) is 0 Å². The standard InChI is InChI=1S/C73H53N/c1-71(2)61-32-13-9-27-59(61)69-57(29-20-36-65(69)71)56-26-11-18-38-68(56)74(48-42-39-46(40-43-48)50-28-19-30-58-54-25-5-12-31-60(54)72(3,4)70(50)58)67-37-17-10-21-49(67)47-41-44-55-53-24-8-16-35-64(53)73(66(55)45-47)62-33-14-6-22-51(62)52-23-7-15-34-63(52)73/h5-45H,1-4H3. The largest absolute Gasteiger partial charge is 0.309 e. The molecule has 0 aromatic heterocycles. The number of para-hydroxylation sites is 2. The molecule has 0 fully saturated rings. The van der Waals surface area contributed by atoms with Crippen molar-refractivity contribution in [3.63, 3.8) is 0 Å². The molecule has 350 valence electrons. The second-order valence-electron chi connectivity index (χ2n) is 21.9. The molecular weight excluding hydrogens is 891 g/mol. The Morgan fingerprint density at radius 2 is 0.662 bits per heavy atom. The van der Waals surface area contributed by atoms with Crippen LogP contribution in [0.25, 0.3) is 77.9 Å². The summed E-state index contributed by atoms with van der Waals surface area (Å²) in [5, 5.41) is 0. The molecule has 1 heteroatoms. The third kappa shape index (κ3) is 5.70. The number of benzene rings is 11. The van der Waals surface area contributed by atoms with E-state index in [4.69, 9.17) is 0 Å². The van der Waals surface area contributed by atoms with E-state index in [1.54, 1.807) is 0 Å². The Hall–Kier alpha value is -8.78. The summed E-state index contributed by atoms with van der Waals surface area (Å²) in [4.78, 5) is 2.53. The first kappa shape index (κ1) is 42.9. The van der Waals surface area contributed by atoms with E-state index in [9.17, 15) is 0 Å². The summed E-state index contributed by atoms with van der Waals surface area (Å²) < 4.78 is 0. The fraction of sp³-hybridized carbons (Fsp3) is 0.0959. The van der Waals surface area contributed by atoms with Crippen molar-refractivity contribution in [3.8, 4) is 77.9 Å². The van der Waals surface area contributed by atoms with Crippen LogP contribution in [0.4, 0.5) is 17.1 Å². The fourth-order valence-electron chi connectivity index (χ4n) is 14.3. The van der Waals surface area contributed by atoms with Crippen molar-refractivity contribution in [3.05, 3.63) is 293 Å². The van der Waals surface area contributed by atoms with Crippen LogP contribution in [0.2, 0.25) is 0 Å². The predicted molar refractivity (Wildman–Crippen MR) is 309 cm³/mol. The molecule has 4 aliphatic rings. The summed E-state index contributed by atoms with van der Waals surface area (Å²) in [6, 6.07) is 94.0. The molecule has 1 nitrogen and oxygen atoms in total. The van der Waals surface area contributed by atoms with Gasteiger partial charge in [0.1, 0.15) is 0 Å². The third-order valence-corrected chi connectivity index (χ3v) is 17.5. The normalized spacial score (nSPS) is 14.8. The van der Waals surface area contributed by atoms with Crippen molar-refractivity contribution in [1.29, 1.82) is 0 Å². The molecule has 15 rings (SSSR count). The average Bonchev–Trinajstić information content (AvgIpc) is 4.25. The van der Waals surface area contributed by atoms with E-state index in [2.05, 4.69) is 281 Å². The molecule has 74 heavy (non-hydrogen) atoms. The molecule has 0 heterocycles. The van der Waals surface area contributed by atoms with E-state index in [1.807, 2.05) is 0 Å². The SMILES string of the molecule is CC1(C)c2ccccc2-c2c(-c3ccccc3N(c3ccc(-c4cccc5c4C(C)(C)c4ccccc4-5)cc3)c3ccccc3-c3ccc4c(c3)C3(c5ccccc5-c5ccccc53)c3ccccc3-4)cccc21. The molecule has 1 spiro atoms. The minimum absolute atomic E-state index is 0.127. The summed E-state index contributed by atoms with van der Waals surface area (Å²) >= 11 is 0. The van der Waals surface area contributed by atoms with Crippen LogP contribution < -0.4 is 4.90 Å². The second kappa shape index (κ2) is 15.6. The highest BCUT2D eigenvalue weighted by atomic mass is 15.1. The molecule has 0 radical (unpaired) electrons. The van der Waals surface area contributed by atoms with E-state index in [0.717, 1.165) is 17.1 Å². The monoisotopic (exact) mass is 943 g/mol. The predicted octanol–water partition coefficient (Wildman–Crippen LogP) is 19.1. The molecule has 0 amide bonds. The molecule has 0 bridgehead atoms. The van der Waals surface area contributed by atoms with Crippen molar-refractivity contribution in [2.75, 3.05) is 4.90 Å². The summed E-state index contributed by atoms with van der Waals surface area (Å²) in [7, 11) is 0. The highest BCUT2D eigenvalue weighted by Gasteiger charge is 2.51. The van der Waals surface area contributed by atoms with Crippen LogP contribution in [0.3, 0.4) is 0 Å².